The highest BCUT2D eigenvalue weighted by atomic mass is 32.2. The van der Waals surface area contributed by atoms with Gasteiger partial charge in [-0.25, -0.2) is 19.0 Å². The van der Waals surface area contributed by atoms with E-state index < -0.39 is 14.9 Å². The highest BCUT2D eigenvalue weighted by molar-refractivity contribution is 7.91. The molecule has 0 aromatic carbocycles. The Morgan fingerprint density at radius 2 is 2.25 bits per heavy atom. The van der Waals surface area contributed by atoms with Crippen LogP contribution in [0.5, 0.6) is 0 Å². The molecular weight excluding hydrogens is 308 g/mol. The number of nitrogens with two attached hydrogens (primary N) is 1. The van der Waals surface area contributed by atoms with E-state index in [2.05, 4.69) is 10.1 Å². The number of thiophene rings is 1. The van der Waals surface area contributed by atoms with Gasteiger partial charge in [-0.3, -0.25) is 10.1 Å². The van der Waals surface area contributed by atoms with E-state index >= 15 is 0 Å². The van der Waals surface area contributed by atoms with Crippen LogP contribution in [0, 0.1) is 10.1 Å². The van der Waals surface area contributed by atoms with Crippen LogP contribution in [0.4, 0.5) is 10.7 Å². The molecule has 0 unspecified atom stereocenters. The minimum atomic E-state index is -3.78. The van der Waals surface area contributed by atoms with Crippen molar-refractivity contribution in [3.05, 3.63) is 16.2 Å². The highest BCUT2D eigenvalue weighted by Crippen LogP contribution is 2.36. The van der Waals surface area contributed by atoms with E-state index in [1.54, 1.807) is 0 Å². The minimum Gasteiger partial charge on any atom is -0.382 e. The number of sulfonamides is 1. The predicted octanol–water partition coefficient (Wildman–Crippen LogP) is 0.647. The van der Waals surface area contributed by atoms with Gasteiger partial charge < -0.3 is 10.2 Å². The summed E-state index contributed by atoms with van der Waals surface area (Å²) in [6, 6.07) is 0.977. The van der Waals surface area contributed by atoms with Crippen molar-refractivity contribution >= 4 is 32.0 Å². The molecule has 11 heteroatoms. The Bertz CT molecular complexity index is 557. The second kappa shape index (κ2) is 7.50. The molecule has 1 rings (SSSR count). The summed E-state index contributed by atoms with van der Waals surface area (Å²) >= 11 is 0.704. The molecule has 0 spiro atoms. The molecule has 0 atom stereocenters. The smallest absolute Gasteiger partial charge is 0.306 e. The molecule has 1 aromatic heterocycles. The zero-order valence-corrected chi connectivity index (χ0v) is 12.4. The van der Waals surface area contributed by atoms with Gasteiger partial charge >= 0.3 is 5.69 Å². The van der Waals surface area contributed by atoms with Crippen LogP contribution in [0.2, 0.25) is 0 Å². The zero-order chi connectivity index (χ0) is 15.2. The Morgan fingerprint density at radius 3 is 2.75 bits per heavy atom. The maximum atomic E-state index is 11.9. The number of nitrogens with zero attached hydrogens (tertiary/aromatic N) is 1. The molecule has 4 N–H and O–H groups in total. The third kappa shape index (κ3) is 4.38. The van der Waals surface area contributed by atoms with Gasteiger partial charge in [-0.2, -0.15) is 0 Å². The number of nitro groups is 1. The lowest BCUT2D eigenvalue weighted by Crippen LogP contribution is -2.24. The van der Waals surface area contributed by atoms with E-state index in [1.165, 1.54) is 0 Å². The Balaban J connectivity index is 2.75. The topological polar surface area (TPSA) is 137 Å². The Hall–Kier alpha value is -1.27. The summed E-state index contributed by atoms with van der Waals surface area (Å²) in [5.41, 5.74) is 1.75. The molecule has 0 saturated heterocycles. The molecular formula is C9H16N4O5S2. The van der Waals surface area contributed by atoms with Crippen LogP contribution in [-0.4, -0.2) is 33.1 Å². The molecule has 20 heavy (non-hydrogen) atoms. The average molecular weight is 324 g/mol. The summed E-state index contributed by atoms with van der Waals surface area (Å²) in [5, 5.41) is 10.7. The number of hydrazine groups is 1. The Morgan fingerprint density at radius 1 is 1.55 bits per heavy atom. The van der Waals surface area contributed by atoms with Gasteiger partial charge in [0.1, 0.15) is 4.21 Å². The van der Waals surface area contributed by atoms with Crippen molar-refractivity contribution in [2.75, 3.05) is 25.2 Å². The maximum absolute atomic E-state index is 11.9. The summed E-state index contributed by atoms with van der Waals surface area (Å²) < 4.78 is 31.1. The molecule has 1 aromatic rings. The largest absolute Gasteiger partial charge is 0.382 e. The van der Waals surface area contributed by atoms with Crippen LogP contribution in [0.25, 0.3) is 0 Å². The van der Waals surface area contributed by atoms with Crippen molar-refractivity contribution in [1.29, 1.82) is 0 Å². The first-order valence-corrected chi connectivity index (χ1v) is 8.04. The summed E-state index contributed by atoms with van der Waals surface area (Å²) in [5.74, 6) is 5.12. The number of rotatable bonds is 9. The number of ether oxygens (including phenoxy) is 1. The molecule has 0 aliphatic carbocycles. The molecule has 0 aliphatic rings. The number of nitrogen functional groups attached to an aromatic ring is 1. The van der Waals surface area contributed by atoms with Crippen molar-refractivity contribution in [2.45, 2.75) is 17.6 Å². The van der Waals surface area contributed by atoms with Gasteiger partial charge in [-0.15, -0.1) is 0 Å². The van der Waals surface area contributed by atoms with E-state index in [9.17, 15) is 18.5 Å². The Labute approximate surface area is 120 Å². The van der Waals surface area contributed by atoms with Crippen LogP contribution in [-0.2, 0) is 14.8 Å². The van der Waals surface area contributed by atoms with Crippen molar-refractivity contribution < 1.29 is 18.1 Å². The molecule has 0 bridgehead atoms. The fraction of sp³-hybridized carbons (Fsp3) is 0.556. The van der Waals surface area contributed by atoms with Gasteiger partial charge in [0.25, 0.3) is 0 Å². The summed E-state index contributed by atoms with van der Waals surface area (Å²) in [7, 11) is -3.78. The van der Waals surface area contributed by atoms with Crippen LogP contribution in [0.3, 0.4) is 0 Å². The molecule has 1 heterocycles. The monoisotopic (exact) mass is 324 g/mol. The second-order valence-corrected chi connectivity index (χ2v) is 6.68. The maximum Gasteiger partial charge on any atom is 0.306 e. The lowest BCUT2D eigenvalue weighted by Gasteiger charge is -2.04. The first kappa shape index (κ1) is 16.8. The number of anilines is 1. The Kier molecular flexibility index (Phi) is 6.29. The van der Waals surface area contributed by atoms with Crippen LogP contribution in [0.15, 0.2) is 10.3 Å². The molecule has 0 radical (unpaired) electrons. The third-order valence-corrected chi connectivity index (χ3v) is 5.23. The summed E-state index contributed by atoms with van der Waals surface area (Å²) in [4.78, 5) is 10.0. The molecule has 0 fully saturated rings. The first-order valence-electron chi connectivity index (χ1n) is 5.74. The zero-order valence-electron chi connectivity index (χ0n) is 10.8. The second-order valence-electron chi connectivity index (χ2n) is 3.63. The van der Waals surface area contributed by atoms with Crippen molar-refractivity contribution in [2.24, 2.45) is 5.84 Å². The van der Waals surface area contributed by atoms with Crippen LogP contribution >= 0.6 is 11.3 Å². The van der Waals surface area contributed by atoms with E-state index in [-0.39, 0.29) is 21.4 Å². The highest BCUT2D eigenvalue weighted by Gasteiger charge is 2.25. The van der Waals surface area contributed by atoms with E-state index in [0.29, 0.717) is 31.0 Å². The van der Waals surface area contributed by atoms with Crippen molar-refractivity contribution in [3.63, 3.8) is 0 Å². The van der Waals surface area contributed by atoms with E-state index in [0.717, 1.165) is 6.07 Å². The molecule has 0 aliphatic heterocycles. The quantitative estimate of drug-likeness (QED) is 0.262. The lowest BCUT2D eigenvalue weighted by atomic mass is 10.5. The molecule has 0 saturated carbocycles. The predicted molar refractivity (Wildman–Crippen MR) is 75.1 cm³/mol. The van der Waals surface area contributed by atoms with Gasteiger partial charge in [0.05, 0.1) is 4.92 Å². The number of hydrogen-bond acceptors (Lipinski definition) is 8. The molecule has 9 nitrogen and oxygen atoms in total. The van der Waals surface area contributed by atoms with Gasteiger partial charge in [-0.1, -0.05) is 11.3 Å². The summed E-state index contributed by atoms with van der Waals surface area (Å²) in [6.07, 6.45) is 0.516. The van der Waals surface area contributed by atoms with E-state index in [1.807, 2.05) is 6.92 Å². The van der Waals surface area contributed by atoms with Gasteiger partial charge in [0.15, 0.2) is 5.00 Å². The van der Waals surface area contributed by atoms with Gasteiger partial charge in [-0.05, 0) is 13.3 Å². The molecule has 114 valence electrons. The normalized spacial score (nSPS) is 11.5. The first-order chi connectivity index (χ1) is 9.42. The molecule has 0 amide bonds. The number of nitrogens with one attached hydrogen (secondary N) is 2. The number of hydrogen-bond donors (Lipinski definition) is 3. The third-order valence-electron chi connectivity index (χ3n) is 2.24. The fourth-order valence-electron chi connectivity index (χ4n) is 1.33. The summed E-state index contributed by atoms with van der Waals surface area (Å²) in [6.45, 7) is 3.05. The minimum absolute atomic E-state index is 0.00955. The average Bonchev–Trinajstić information content (AvgIpc) is 2.83. The SMILES string of the molecule is CCOCCCNS(=O)(=O)c1cc([N+](=O)[O-])c(NN)s1. The van der Waals surface area contributed by atoms with Gasteiger partial charge in [0.2, 0.25) is 10.0 Å². The fourth-order valence-corrected chi connectivity index (χ4v) is 3.68. The van der Waals surface area contributed by atoms with Gasteiger partial charge in [0, 0.05) is 25.8 Å². The van der Waals surface area contributed by atoms with E-state index in [4.69, 9.17) is 10.6 Å². The van der Waals surface area contributed by atoms with Crippen molar-refractivity contribution in [1.82, 2.24) is 4.72 Å². The van der Waals surface area contributed by atoms with Crippen LogP contribution in [0.1, 0.15) is 13.3 Å². The standard InChI is InChI=1S/C9H16N4O5S2/c1-2-18-5-3-4-11-20(16,17)8-6-7(13(14)15)9(12-10)19-8/h6,11-12H,2-5,10H2,1H3. The van der Waals surface area contributed by atoms with Crippen LogP contribution < -0.4 is 16.0 Å². The lowest BCUT2D eigenvalue weighted by molar-refractivity contribution is -0.383. The van der Waals surface area contributed by atoms with Crippen molar-refractivity contribution in [3.8, 4) is 0 Å².